The lowest BCUT2D eigenvalue weighted by molar-refractivity contribution is -0.121. The molecule has 0 aliphatic rings. The Bertz CT molecular complexity index is 192. The maximum Gasteiger partial charge on any atom is 0.233 e. The second-order valence-corrected chi connectivity index (χ2v) is 4.66. The van der Waals surface area contributed by atoms with Gasteiger partial charge in [0, 0.05) is 7.05 Å². The highest BCUT2D eigenvalue weighted by atomic mass is 16.1. The van der Waals surface area contributed by atoms with Gasteiger partial charge in [0.05, 0.1) is 6.54 Å². The Morgan fingerprint density at radius 1 is 1.47 bits per heavy atom. The maximum absolute atomic E-state index is 11.2. The molecule has 0 rings (SSSR count). The summed E-state index contributed by atoms with van der Waals surface area (Å²) in [6.07, 6.45) is 1.02. The maximum atomic E-state index is 11.2. The van der Waals surface area contributed by atoms with Crippen LogP contribution in [0.3, 0.4) is 0 Å². The van der Waals surface area contributed by atoms with Crippen LogP contribution in [0, 0.1) is 5.41 Å². The molecule has 0 spiro atoms. The van der Waals surface area contributed by atoms with Crippen molar-refractivity contribution in [2.24, 2.45) is 11.1 Å². The third-order valence-electron chi connectivity index (χ3n) is 2.75. The van der Waals surface area contributed by atoms with Crippen molar-refractivity contribution in [2.75, 3.05) is 33.2 Å². The van der Waals surface area contributed by atoms with Crippen LogP contribution >= 0.6 is 0 Å². The minimum Gasteiger partial charge on any atom is -0.358 e. The van der Waals surface area contributed by atoms with E-state index in [1.54, 1.807) is 7.05 Å². The summed E-state index contributed by atoms with van der Waals surface area (Å²) < 4.78 is 0. The van der Waals surface area contributed by atoms with E-state index in [1.165, 1.54) is 0 Å². The van der Waals surface area contributed by atoms with E-state index in [4.69, 9.17) is 5.73 Å². The number of carbonyl (C=O) groups is 1. The molecule has 0 atom stereocenters. The predicted molar refractivity (Wildman–Crippen MR) is 63.6 cm³/mol. The molecule has 1 amide bonds. The van der Waals surface area contributed by atoms with Crippen LogP contribution in [-0.2, 0) is 4.79 Å². The van der Waals surface area contributed by atoms with Crippen molar-refractivity contribution in [3.05, 3.63) is 0 Å². The molecule has 0 saturated carbocycles. The van der Waals surface area contributed by atoms with Gasteiger partial charge < -0.3 is 11.1 Å². The third-order valence-corrected chi connectivity index (χ3v) is 2.75. The summed E-state index contributed by atoms with van der Waals surface area (Å²) in [5.41, 5.74) is 5.83. The molecule has 4 nitrogen and oxygen atoms in total. The summed E-state index contributed by atoms with van der Waals surface area (Å²) in [5.74, 6) is 0.0717. The first kappa shape index (κ1) is 14.4. The predicted octanol–water partition coefficient (Wildman–Crippen LogP) is 0.429. The Labute approximate surface area is 93.2 Å². The average molecular weight is 215 g/mol. The lowest BCUT2D eigenvalue weighted by Crippen LogP contribution is -2.38. The Hall–Kier alpha value is -0.610. The van der Waals surface area contributed by atoms with Crippen LogP contribution in [0.15, 0.2) is 0 Å². The van der Waals surface area contributed by atoms with Crippen LogP contribution in [0.1, 0.15) is 27.2 Å². The van der Waals surface area contributed by atoms with E-state index in [1.807, 2.05) is 0 Å². The monoisotopic (exact) mass is 215 g/mol. The molecule has 0 bridgehead atoms. The van der Waals surface area contributed by atoms with Crippen LogP contribution in [0.4, 0.5) is 0 Å². The highest BCUT2D eigenvalue weighted by Gasteiger charge is 2.17. The van der Waals surface area contributed by atoms with Gasteiger partial charge in [-0.15, -0.1) is 0 Å². The lowest BCUT2D eigenvalue weighted by atomic mass is 9.89. The van der Waals surface area contributed by atoms with Crippen molar-refractivity contribution < 1.29 is 4.79 Å². The summed E-state index contributed by atoms with van der Waals surface area (Å²) in [6.45, 7) is 9.36. The number of amides is 1. The topological polar surface area (TPSA) is 58.4 Å². The number of likely N-dealkylation sites (N-methyl/N-ethyl adjacent to an activating group) is 2. The van der Waals surface area contributed by atoms with Crippen LogP contribution in [0.25, 0.3) is 0 Å². The van der Waals surface area contributed by atoms with Crippen LogP contribution in [-0.4, -0.2) is 44.0 Å². The largest absolute Gasteiger partial charge is 0.358 e. The molecule has 0 aliphatic carbocycles. The lowest BCUT2D eigenvalue weighted by Gasteiger charge is -2.27. The Balaban J connectivity index is 3.95. The van der Waals surface area contributed by atoms with Crippen molar-refractivity contribution >= 4 is 5.91 Å². The molecule has 0 aromatic rings. The van der Waals surface area contributed by atoms with Crippen molar-refractivity contribution in [1.82, 2.24) is 10.2 Å². The normalized spacial score (nSPS) is 11.9. The smallest absolute Gasteiger partial charge is 0.233 e. The van der Waals surface area contributed by atoms with Gasteiger partial charge in [-0.1, -0.05) is 20.8 Å². The van der Waals surface area contributed by atoms with Gasteiger partial charge in [-0.2, -0.15) is 0 Å². The van der Waals surface area contributed by atoms with E-state index in [9.17, 15) is 4.79 Å². The van der Waals surface area contributed by atoms with Gasteiger partial charge in [-0.05, 0) is 31.5 Å². The molecular formula is C11H25N3O. The average Bonchev–Trinajstić information content (AvgIpc) is 2.23. The van der Waals surface area contributed by atoms with Crippen LogP contribution in [0.2, 0.25) is 0 Å². The van der Waals surface area contributed by atoms with Gasteiger partial charge in [0.2, 0.25) is 5.91 Å². The van der Waals surface area contributed by atoms with Gasteiger partial charge in [0.15, 0.2) is 0 Å². The molecule has 90 valence electrons. The minimum absolute atomic E-state index is 0.0717. The number of hydrogen-bond donors (Lipinski definition) is 2. The fraction of sp³-hybridized carbons (Fsp3) is 0.909. The molecule has 0 unspecified atom stereocenters. The first-order valence-electron chi connectivity index (χ1n) is 5.58. The summed E-state index contributed by atoms with van der Waals surface area (Å²) in [6, 6.07) is 0. The summed E-state index contributed by atoms with van der Waals surface area (Å²) in [7, 11) is 1.67. The fourth-order valence-electron chi connectivity index (χ4n) is 1.19. The molecule has 0 fully saturated rings. The van der Waals surface area contributed by atoms with E-state index < -0.39 is 0 Å². The number of carbonyl (C=O) groups excluding carboxylic acids is 1. The molecule has 15 heavy (non-hydrogen) atoms. The highest BCUT2D eigenvalue weighted by Crippen LogP contribution is 2.18. The van der Waals surface area contributed by atoms with Gasteiger partial charge in [-0.25, -0.2) is 0 Å². The second-order valence-electron chi connectivity index (χ2n) is 4.66. The van der Waals surface area contributed by atoms with Crippen molar-refractivity contribution in [1.29, 1.82) is 0 Å². The van der Waals surface area contributed by atoms with Crippen LogP contribution in [0.5, 0.6) is 0 Å². The Kier molecular flexibility index (Phi) is 6.52. The Morgan fingerprint density at radius 3 is 2.47 bits per heavy atom. The van der Waals surface area contributed by atoms with E-state index in [0.717, 1.165) is 19.5 Å². The Morgan fingerprint density at radius 2 is 2.07 bits per heavy atom. The minimum atomic E-state index is 0.0717. The summed E-state index contributed by atoms with van der Waals surface area (Å²) in [5, 5.41) is 2.64. The fourth-order valence-corrected chi connectivity index (χ4v) is 1.19. The van der Waals surface area contributed by atoms with E-state index in [2.05, 4.69) is 31.0 Å². The molecule has 4 heteroatoms. The van der Waals surface area contributed by atoms with Crippen molar-refractivity contribution in [3.8, 4) is 0 Å². The van der Waals surface area contributed by atoms with E-state index in [-0.39, 0.29) is 11.3 Å². The molecule has 0 aromatic heterocycles. The van der Waals surface area contributed by atoms with E-state index >= 15 is 0 Å². The molecular weight excluding hydrogens is 190 g/mol. The molecule has 0 heterocycles. The first-order valence-corrected chi connectivity index (χ1v) is 5.58. The highest BCUT2D eigenvalue weighted by molar-refractivity contribution is 5.77. The van der Waals surface area contributed by atoms with Gasteiger partial charge >= 0.3 is 0 Å². The molecule has 0 aliphatic heterocycles. The summed E-state index contributed by atoms with van der Waals surface area (Å²) in [4.78, 5) is 13.3. The third kappa shape index (κ3) is 6.47. The van der Waals surface area contributed by atoms with Crippen LogP contribution < -0.4 is 11.1 Å². The number of nitrogens with two attached hydrogens (primary N) is 1. The van der Waals surface area contributed by atoms with Gasteiger partial charge in [0.25, 0.3) is 0 Å². The standard InChI is InChI=1S/C11H25N3O/c1-5-14(8-10(15)13-4)7-6-11(2,3)9-12/h5-9,12H2,1-4H3,(H,13,15). The first-order chi connectivity index (χ1) is 6.95. The number of nitrogens with zero attached hydrogens (tertiary/aromatic N) is 1. The number of nitrogens with one attached hydrogen (secondary N) is 1. The molecule has 0 saturated heterocycles. The molecule has 3 N–H and O–H groups in total. The molecule has 0 radical (unpaired) electrons. The number of hydrogen-bond acceptors (Lipinski definition) is 3. The summed E-state index contributed by atoms with van der Waals surface area (Å²) >= 11 is 0. The van der Waals surface area contributed by atoms with Crippen molar-refractivity contribution in [2.45, 2.75) is 27.2 Å². The quantitative estimate of drug-likeness (QED) is 0.647. The van der Waals surface area contributed by atoms with E-state index in [0.29, 0.717) is 13.1 Å². The van der Waals surface area contributed by atoms with Crippen molar-refractivity contribution in [3.63, 3.8) is 0 Å². The zero-order valence-electron chi connectivity index (χ0n) is 10.5. The SMILES string of the molecule is CCN(CCC(C)(C)CN)CC(=O)NC. The molecule has 0 aromatic carbocycles. The van der Waals surface area contributed by atoms with Gasteiger partial charge in [-0.3, -0.25) is 9.69 Å². The zero-order chi connectivity index (χ0) is 11.9. The second kappa shape index (κ2) is 6.80. The number of rotatable bonds is 7. The zero-order valence-corrected chi connectivity index (χ0v) is 10.5. The van der Waals surface area contributed by atoms with Gasteiger partial charge in [0.1, 0.15) is 0 Å².